The van der Waals surface area contributed by atoms with Gasteiger partial charge in [0.1, 0.15) is 4.99 Å². The fourth-order valence-electron chi connectivity index (χ4n) is 1.48. The topological polar surface area (TPSA) is 98.5 Å². The summed E-state index contributed by atoms with van der Waals surface area (Å²) in [5, 5.41) is 0.192. The van der Waals surface area contributed by atoms with Crippen molar-refractivity contribution in [1.82, 2.24) is 0 Å². The molecule has 0 saturated heterocycles. The average Bonchev–Trinajstić information content (AvgIpc) is 2.40. The van der Waals surface area contributed by atoms with E-state index < -0.39 is 16.0 Å². The first-order valence-corrected chi connectivity index (χ1v) is 8.35. The number of hydrogen-bond donors (Lipinski definition) is 2. The minimum atomic E-state index is -3.60. The molecule has 0 bridgehead atoms. The van der Waals surface area contributed by atoms with Gasteiger partial charge in [-0.1, -0.05) is 23.8 Å². The maximum Gasteiger partial charge on any atom is 0.305 e. The molecule has 1 aromatic carbocycles. The predicted octanol–water partition coefficient (Wildman–Crippen LogP) is 1.67. The van der Waals surface area contributed by atoms with Crippen LogP contribution in [0.1, 0.15) is 18.4 Å². The van der Waals surface area contributed by atoms with Crippen LogP contribution in [0.4, 0.5) is 5.69 Å². The zero-order chi connectivity index (χ0) is 16.0. The van der Waals surface area contributed by atoms with Gasteiger partial charge in [-0.2, -0.15) is 0 Å². The summed E-state index contributed by atoms with van der Waals surface area (Å²) in [5.74, 6) is -0.667. The molecule has 3 N–H and O–H groups in total. The molecule has 0 amide bonds. The van der Waals surface area contributed by atoms with Gasteiger partial charge in [-0.3, -0.25) is 9.52 Å². The van der Waals surface area contributed by atoms with Crippen LogP contribution >= 0.6 is 23.8 Å². The van der Waals surface area contributed by atoms with E-state index in [4.69, 9.17) is 29.6 Å². The van der Waals surface area contributed by atoms with E-state index in [2.05, 4.69) is 9.46 Å². The summed E-state index contributed by atoms with van der Waals surface area (Å²) in [7, 11) is -2.35. The molecule has 1 rings (SSSR count). The number of esters is 1. The van der Waals surface area contributed by atoms with Crippen LogP contribution in [0.15, 0.2) is 18.2 Å². The molecule has 9 heteroatoms. The number of hydrogen-bond acceptors (Lipinski definition) is 5. The monoisotopic (exact) mass is 350 g/mol. The number of thiocarbonyl (C=S) groups is 1. The van der Waals surface area contributed by atoms with Crippen LogP contribution in [0.5, 0.6) is 0 Å². The summed E-state index contributed by atoms with van der Waals surface area (Å²) in [6, 6.07) is 4.53. The Hall–Kier alpha value is -1.38. The zero-order valence-electron chi connectivity index (χ0n) is 11.3. The SMILES string of the molecule is COC(=O)CCCS(=O)(=O)Nc1ccc(C(N)=S)cc1Cl. The Morgan fingerprint density at radius 3 is 2.67 bits per heavy atom. The lowest BCUT2D eigenvalue weighted by Crippen LogP contribution is -2.18. The summed E-state index contributed by atoms with van der Waals surface area (Å²) >= 11 is 10.8. The number of sulfonamides is 1. The van der Waals surface area contributed by atoms with E-state index in [-0.39, 0.29) is 34.3 Å². The lowest BCUT2D eigenvalue weighted by atomic mass is 10.2. The number of carbonyl (C=O) groups excluding carboxylic acids is 1. The molecular formula is C12H15ClN2O4S2. The lowest BCUT2D eigenvalue weighted by molar-refractivity contribution is -0.140. The summed E-state index contributed by atoms with van der Waals surface area (Å²) in [4.78, 5) is 11.1. The number of halogens is 1. The molecule has 116 valence electrons. The smallest absolute Gasteiger partial charge is 0.305 e. The van der Waals surface area contributed by atoms with Crippen LogP contribution in [-0.4, -0.2) is 32.2 Å². The summed E-state index contributed by atoms with van der Waals surface area (Å²) in [5.41, 5.74) is 6.23. The molecule has 0 aliphatic rings. The quantitative estimate of drug-likeness (QED) is 0.573. The van der Waals surface area contributed by atoms with E-state index >= 15 is 0 Å². The zero-order valence-corrected chi connectivity index (χ0v) is 13.6. The lowest BCUT2D eigenvalue weighted by Gasteiger charge is -2.10. The van der Waals surface area contributed by atoms with Crippen molar-refractivity contribution in [1.29, 1.82) is 0 Å². The number of methoxy groups -OCH3 is 1. The van der Waals surface area contributed by atoms with Crippen molar-refractivity contribution in [2.75, 3.05) is 17.6 Å². The molecule has 0 spiro atoms. The van der Waals surface area contributed by atoms with Crippen LogP contribution in [0.2, 0.25) is 5.02 Å². The van der Waals surface area contributed by atoms with Gasteiger partial charge in [0.05, 0.1) is 23.6 Å². The second-order valence-corrected chi connectivity index (χ2v) is 6.85. The number of ether oxygens (including phenoxy) is 1. The fourth-order valence-corrected chi connectivity index (χ4v) is 3.03. The molecule has 1 aromatic rings. The van der Waals surface area contributed by atoms with E-state index in [1.807, 2.05) is 0 Å². The van der Waals surface area contributed by atoms with Crippen molar-refractivity contribution < 1.29 is 17.9 Å². The van der Waals surface area contributed by atoms with Gasteiger partial charge in [0, 0.05) is 12.0 Å². The van der Waals surface area contributed by atoms with Gasteiger partial charge < -0.3 is 10.5 Å². The highest BCUT2D eigenvalue weighted by Gasteiger charge is 2.14. The third-order valence-electron chi connectivity index (χ3n) is 2.54. The molecule has 0 aromatic heterocycles. The van der Waals surface area contributed by atoms with Crippen molar-refractivity contribution in [3.05, 3.63) is 28.8 Å². The Morgan fingerprint density at radius 1 is 1.48 bits per heavy atom. The maximum absolute atomic E-state index is 11.9. The van der Waals surface area contributed by atoms with E-state index in [9.17, 15) is 13.2 Å². The first-order valence-electron chi connectivity index (χ1n) is 5.92. The Bertz CT molecular complexity index is 647. The molecule has 0 radical (unpaired) electrons. The highest BCUT2D eigenvalue weighted by atomic mass is 35.5. The van der Waals surface area contributed by atoms with Gasteiger partial charge >= 0.3 is 5.97 Å². The number of benzene rings is 1. The van der Waals surface area contributed by atoms with Crippen molar-refractivity contribution in [2.45, 2.75) is 12.8 Å². The third-order valence-corrected chi connectivity index (χ3v) is 4.45. The van der Waals surface area contributed by atoms with E-state index in [1.54, 1.807) is 6.07 Å². The second-order valence-electron chi connectivity index (χ2n) is 4.16. The van der Waals surface area contributed by atoms with Gasteiger partial charge in [-0.05, 0) is 24.6 Å². The summed E-state index contributed by atoms with van der Waals surface area (Å²) in [6.07, 6.45) is 0.191. The molecular weight excluding hydrogens is 336 g/mol. The molecule has 0 unspecified atom stereocenters. The van der Waals surface area contributed by atoms with Crippen LogP contribution in [0.3, 0.4) is 0 Å². The second kappa shape index (κ2) is 7.58. The molecule has 0 aliphatic heterocycles. The number of carbonyl (C=O) groups is 1. The maximum atomic E-state index is 11.9. The van der Waals surface area contributed by atoms with E-state index in [0.717, 1.165) is 0 Å². The van der Waals surface area contributed by atoms with Gasteiger partial charge in [0.2, 0.25) is 10.0 Å². The highest BCUT2D eigenvalue weighted by Crippen LogP contribution is 2.24. The van der Waals surface area contributed by atoms with E-state index in [0.29, 0.717) is 5.56 Å². The predicted molar refractivity (Wildman–Crippen MR) is 86.0 cm³/mol. The Balaban J connectivity index is 2.71. The van der Waals surface area contributed by atoms with Crippen molar-refractivity contribution in [2.24, 2.45) is 5.73 Å². The normalized spacial score (nSPS) is 11.0. The largest absolute Gasteiger partial charge is 0.469 e. The van der Waals surface area contributed by atoms with Crippen LogP contribution in [0.25, 0.3) is 0 Å². The summed E-state index contributed by atoms with van der Waals surface area (Å²) in [6.45, 7) is 0. The summed E-state index contributed by atoms with van der Waals surface area (Å²) < 4.78 is 30.5. The molecule has 0 fully saturated rings. The highest BCUT2D eigenvalue weighted by molar-refractivity contribution is 7.92. The van der Waals surface area contributed by atoms with Crippen molar-refractivity contribution in [3.63, 3.8) is 0 Å². The van der Waals surface area contributed by atoms with Crippen LogP contribution in [0, 0.1) is 0 Å². The van der Waals surface area contributed by atoms with E-state index in [1.165, 1.54) is 19.2 Å². The molecule has 0 saturated carbocycles. The molecule has 21 heavy (non-hydrogen) atoms. The number of anilines is 1. The van der Waals surface area contributed by atoms with Crippen molar-refractivity contribution in [3.8, 4) is 0 Å². The third kappa shape index (κ3) is 5.86. The number of nitrogens with one attached hydrogen (secondary N) is 1. The van der Waals surface area contributed by atoms with Crippen molar-refractivity contribution >= 4 is 50.5 Å². The molecule has 0 aliphatic carbocycles. The number of rotatable bonds is 7. The standard InChI is InChI=1S/C12H15ClN2O4S2/c1-19-11(16)3-2-6-21(17,18)15-10-5-4-8(12(14)20)7-9(10)13/h4-5,7,15H,2-3,6H2,1H3,(H2,14,20). The van der Waals surface area contributed by atoms with Gasteiger partial charge in [-0.15, -0.1) is 0 Å². The molecule has 6 nitrogen and oxygen atoms in total. The molecule has 0 heterocycles. The van der Waals surface area contributed by atoms with Gasteiger partial charge in [0.25, 0.3) is 0 Å². The first-order chi connectivity index (χ1) is 9.75. The Morgan fingerprint density at radius 2 is 2.14 bits per heavy atom. The average molecular weight is 351 g/mol. The Kier molecular flexibility index (Phi) is 6.38. The fraction of sp³-hybridized carbons (Fsp3) is 0.333. The number of nitrogens with two attached hydrogens (primary N) is 1. The van der Waals surface area contributed by atoms with Crippen LogP contribution in [-0.2, 0) is 19.6 Å². The molecule has 0 atom stereocenters. The minimum absolute atomic E-state index is 0.0333. The first kappa shape index (κ1) is 17.7. The van der Waals surface area contributed by atoms with Gasteiger partial charge in [-0.25, -0.2) is 8.42 Å². The Labute approximate surface area is 133 Å². The van der Waals surface area contributed by atoms with Crippen LogP contribution < -0.4 is 10.5 Å². The van der Waals surface area contributed by atoms with Gasteiger partial charge in [0.15, 0.2) is 0 Å². The minimum Gasteiger partial charge on any atom is -0.469 e.